The number of hydrogen-bond acceptors (Lipinski definition) is 7. The fourth-order valence-corrected chi connectivity index (χ4v) is 1.21. The Bertz CT molecular complexity index is 230. The van der Waals surface area contributed by atoms with Crippen LogP contribution >= 0.6 is 0 Å². The Kier molecular flexibility index (Phi) is 13.6. The van der Waals surface area contributed by atoms with Crippen molar-refractivity contribution in [2.75, 3.05) is 46.1 Å². The largest absolute Gasteiger partial charge is 0.397 e. The molecule has 0 amide bonds. The molecule has 0 radical (unpaired) electrons. The normalized spacial score (nSPS) is 11.2. The molecule has 0 saturated heterocycles. The smallest absolute Gasteiger partial charge is 0.395 e. The molecule has 0 aliphatic rings. The molecule has 17 heavy (non-hydrogen) atoms. The number of rotatable bonds is 8. The van der Waals surface area contributed by atoms with Crippen LogP contribution in [0.25, 0.3) is 0 Å². The van der Waals surface area contributed by atoms with E-state index in [-0.39, 0.29) is 26.4 Å². The summed E-state index contributed by atoms with van der Waals surface area (Å²) in [6, 6.07) is 0. The van der Waals surface area contributed by atoms with Crippen LogP contribution < -0.4 is 0 Å². The number of aliphatic hydroxyl groups is 3. The second-order valence-electron chi connectivity index (χ2n) is 2.85. The molecule has 0 bridgehead atoms. The lowest BCUT2D eigenvalue weighted by molar-refractivity contribution is 0.136. The van der Waals surface area contributed by atoms with Crippen LogP contribution in [0.5, 0.6) is 0 Å². The molecule has 0 aromatic carbocycles. The van der Waals surface area contributed by atoms with Gasteiger partial charge in [-0.2, -0.15) is 8.42 Å². The van der Waals surface area contributed by atoms with Gasteiger partial charge in [-0.05, 0) is 6.92 Å². The van der Waals surface area contributed by atoms with Crippen LogP contribution in [-0.4, -0.2) is 79.3 Å². The molecule has 9 heteroatoms. The Morgan fingerprint density at radius 3 is 1.47 bits per heavy atom. The van der Waals surface area contributed by atoms with Crippen molar-refractivity contribution in [2.45, 2.75) is 6.92 Å². The van der Waals surface area contributed by atoms with Gasteiger partial charge in [0.15, 0.2) is 0 Å². The summed E-state index contributed by atoms with van der Waals surface area (Å²) in [5.41, 5.74) is 0. The highest BCUT2D eigenvalue weighted by molar-refractivity contribution is 7.80. The molecule has 0 fully saturated rings. The van der Waals surface area contributed by atoms with Crippen LogP contribution in [0.3, 0.4) is 0 Å². The van der Waals surface area contributed by atoms with E-state index in [2.05, 4.69) is 4.18 Å². The molecule has 4 N–H and O–H groups in total. The summed E-state index contributed by atoms with van der Waals surface area (Å²) >= 11 is 0. The van der Waals surface area contributed by atoms with Crippen LogP contribution in [0, 0.1) is 0 Å². The third-order valence-corrected chi connectivity index (χ3v) is 2.05. The molecule has 0 spiro atoms. The summed E-state index contributed by atoms with van der Waals surface area (Å²) in [7, 11) is -4.17. The van der Waals surface area contributed by atoms with Gasteiger partial charge in [0.25, 0.3) is 0 Å². The molecule has 106 valence electrons. The Morgan fingerprint density at radius 1 is 1.00 bits per heavy atom. The van der Waals surface area contributed by atoms with Gasteiger partial charge in [0.1, 0.15) is 0 Å². The molecule has 8 nitrogen and oxygen atoms in total. The fraction of sp³-hybridized carbons (Fsp3) is 1.00. The van der Waals surface area contributed by atoms with Gasteiger partial charge in [0, 0.05) is 19.6 Å². The Labute approximate surface area is 101 Å². The van der Waals surface area contributed by atoms with Crippen LogP contribution in [0.4, 0.5) is 0 Å². The Morgan fingerprint density at radius 2 is 1.35 bits per heavy atom. The predicted molar refractivity (Wildman–Crippen MR) is 60.9 cm³/mol. The van der Waals surface area contributed by atoms with Gasteiger partial charge in [0.05, 0.1) is 26.4 Å². The van der Waals surface area contributed by atoms with E-state index in [0.717, 1.165) is 0 Å². The average molecular weight is 275 g/mol. The molecular formula is C8H21NO7S. The molecule has 0 unspecified atom stereocenters. The van der Waals surface area contributed by atoms with E-state index >= 15 is 0 Å². The van der Waals surface area contributed by atoms with Crippen LogP contribution in [-0.2, 0) is 14.6 Å². The molecule has 0 rings (SSSR count). The highest BCUT2D eigenvalue weighted by atomic mass is 32.3. The van der Waals surface area contributed by atoms with Crippen molar-refractivity contribution >= 4 is 10.4 Å². The van der Waals surface area contributed by atoms with Crippen molar-refractivity contribution in [1.82, 2.24) is 4.90 Å². The van der Waals surface area contributed by atoms with Crippen LogP contribution in [0.1, 0.15) is 6.92 Å². The predicted octanol–water partition coefficient (Wildman–Crippen LogP) is -1.91. The van der Waals surface area contributed by atoms with E-state index in [1.165, 1.54) is 6.92 Å². The first kappa shape index (κ1) is 19.1. The minimum Gasteiger partial charge on any atom is -0.395 e. The number of nitrogens with zero attached hydrogens (tertiary/aromatic N) is 1. The van der Waals surface area contributed by atoms with Gasteiger partial charge in [0.2, 0.25) is 0 Å². The lowest BCUT2D eigenvalue weighted by Gasteiger charge is -2.17. The van der Waals surface area contributed by atoms with Gasteiger partial charge in [-0.25, -0.2) is 4.18 Å². The molecule has 0 saturated carbocycles. The lowest BCUT2D eigenvalue weighted by Crippen LogP contribution is -2.32. The molecule has 0 atom stereocenters. The van der Waals surface area contributed by atoms with Gasteiger partial charge in [-0.1, -0.05) is 0 Å². The van der Waals surface area contributed by atoms with Gasteiger partial charge in [-0.3, -0.25) is 9.45 Å². The van der Waals surface area contributed by atoms with Gasteiger partial charge >= 0.3 is 10.4 Å². The summed E-state index contributed by atoms with van der Waals surface area (Å²) < 4.78 is 30.7. The summed E-state index contributed by atoms with van der Waals surface area (Å²) in [5.74, 6) is 0. The van der Waals surface area contributed by atoms with Crippen molar-refractivity contribution in [2.24, 2.45) is 0 Å². The first-order valence-corrected chi connectivity index (χ1v) is 6.44. The minimum absolute atomic E-state index is 0.0289. The van der Waals surface area contributed by atoms with Gasteiger partial charge < -0.3 is 15.3 Å². The Balaban J connectivity index is 0. The lowest BCUT2D eigenvalue weighted by atomic mass is 10.4. The standard InChI is InChI=1S/C6H15NO3.C2H6O4S/c8-4-1-7(2-5-9)3-6-10;1-2-6-7(3,4)5/h8-10H,1-6H2;2H2,1H3,(H,3,4,5). The third kappa shape index (κ3) is 18.3. The molecule has 0 heterocycles. The molecule has 0 aliphatic carbocycles. The second kappa shape index (κ2) is 12.2. The summed E-state index contributed by atoms with van der Waals surface area (Å²) in [5, 5.41) is 25.5. The highest BCUT2D eigenvalue weighted by Gasteiger charge is 2.00. The number of aliphatic hydroxyl groups excluding tert-OH is 3. The van der Waals surface area contributed by atoms with Gasteiger partial charge in [-0.15, -0.1) is 0 Å². The van der Waals surface area contributed by atoms with Crippen molar-refractivity contribution in [3.63, 3.8) is 0 Å². The molecule has 0 aliphatic heterocycles. The molecule has 0 aromatic rings. The van der Waals surface area contributed by atoms with Crippen LogP contribution in [0.15, 0.2) is 0 Å². The van der Waals surface area contributed by atoms with E-state index in [1.54, 1.807) is 4.90 Å². The van der Waals surface area contributed by atoms with Crippen LogP contribution in [0.2, 0.25) is 0 Å². The maximum atomic E-state index is 9.56. The SMILES string of the molecule is CCOS(=O)(=O)O.OCCN(CCO)CCO. The van der Waals surface area contributed by atoms with Crippen molar-refractivity contribution in [1.29, 1.82) is 0 Å². The Hall–Kier alpha value is -0.290. The number of hydrogen-bond donors (Lipinski definition) is 4. The molecular weight excluding hydrogens is 254 g/mol. The maximum absolute atomic E-state index is 9.56. The van der Waals surface area contributed by atoms with Crippen molar-refractivity contribution < 1.29 is 32.5 Å². The fourth-order valence-electron chi connectivity index (χ4n) is 0.909. The maximum Gasteiger partial charge on any atom is 0.397 e. The summed E-state index contributed by atoms with van der Waals surface area (Å²) in [6.45, 7) is 3.19. The first-order chi connectivity index (χ1) is 7.91. The zero-order chi connectivity index (χ0) is 13.7. The van der Waals surface area contributed by atoms with E-state index in [1.807, 2.05) is 0 Å². The monoisotopic (exact) mass is 275 g/mol. The minimum atomic E-state index is -4.17. The molecule has 0 aromatic heterocycles. The van der Waals surface area contributed by atoms with E-state index < -0.39 is 10.4 Å². The van der Waals surface area contributed by atoms with E-state index in [9.17, 15) is 8.42 Å². The first-order valence-electron chi connectivity index (χ1n) is 5.08. The van der Waals surface area contributed by atoms with Crippen molar-refractivity contribution in [3.8, 4) is 0 Å². The topological polar surface area (TPSA) is 128 Å². The average Bonchev–Trinajstić information content (AvgIpc) is 2.18. The zero-order valence-corrected chi connectivity index (χ0v) is 10.6. The summed E-state index contributed by atoms with van der Waals surface area (Å²) in [6.07, 6.45) is 0. The van der Waals surface area contributed by atoms with E-state index in [0.29, 0.717) is 19.6 Å². The summed E-state index contributed by atoms with van der Waals surface area (Å²) in [4.78, 5) is 1.79. The van der Waals surface area contributed by atoms with E-state index in [4.69, 9.17) is 19.9 Å². The zero-order valence-electron chi connectivity index (χ0n) is 9.82. The third-order valence-electron chi connectivity index (χ3n) is 1.52. The second-order valence-corrected chi connectivity index (χ2v) is 3.94. The highest BCUT2D eigenvalue weighted by Crippen LogP contribution is 1.84. The quantitative estimate of drug-likeness (QED) is 0.378. The van der Waals surface area contributed by atoms with Crippen molar-refractivity contribution in [3.05, 3.63) is 0 Å².